The molecular formula is C13H25N3O5. The molecule has 8 heteroatoms. The van der Waals surface area contributed by atoms with Gasteiger partial charge in [-0.25, -0.2) is 9.59 Å². The van der Waals surface area contributed by atoms with Gasteiger partial charge in [-0.1, -0.05) is 13.8 Å². The van der Waals surface area contributed by atoms with Crippen molar-refractivity contribution in [3.05, 3.63) is 0 Å². The van der Waals surface area contributed by atoms with Crippen molar-refractivity contribution in [2.45, 2.75) is 46.3 Å². The highest BCUT2D eigenvalue weighted by Gasteiger charge is 2.26. The summed E-state index contributed by atoms with van der Waals surface area (Å²) in [6.45, 7) is 9.01. The molecule has 0 aliphatic rings. The van der Waals surface area contributed by atoms with E-state index in [0.29, 0.717) is 0 Å². The van der Waals surface area contributed by atoms with Crippen LogP contribution in [0.2, 0.25) is 0 Å². The van der Waals surface area contributed by atoms with Crippen LogP contribution in [-0.4, -0.2) is 47.9 Å². The van der Waals surface area contributed by atoms with Crippen molar-refractivity contribution in [1.29, 1.82) is 0 Å². The smallest absolute Gasteiger partial charge is 0.408 e. The molecule has 21 heavy (non-hydrogen) atoms. The van der Waals surface area contributed by atoms with Crippen molar-refractivity contribution in [2.75, 3.05) is 13.1 Å². The second-order valence-corrected chi connectivity index (χ2v) is 5.89. The molecule has 0 aromatic rings. The molecule has 122 valence electrons. The normalized spacial score (nSPS) is 12.5. The Balaban J connectivity index is 4.37. The van der Waals surface area contributed by atoms with Crippen molar-refractivity contribution in [3.63, 3.8) is 0 Å². The Bertz CT molecular complexity index is 376. The minimum Gasteiger partial charge on any atom is -0.465 e. The third-order valence-corrected chi connectivity index (χ3v) is 2.32. The van der Waals surface area contributed by atoms with Crippen molar-refractivity contribution in [3.8, 4) is 0 Å². The molecule has 0 bridgehead atoms. The third kappa shape index (κ3) is 9.53. The van der Waals surface area contributed by atoms with Gasteiger partial charge in [0.1, 0.15) is 11.6 Å². The maximum absolute atomic E-state index is 12.0. The van der Waals surface area contributed by atoms with Crippen molar-refractivity contribution in [2.24, 2.45) is 5.92 Å². The van der Waals surface area contributed by atoms with Gasteiger partial charge in [-0.05, 0) is 26.7 Å². The van der Waals surface area contributed by atoms with Gasteiger partial charge in [-0.3, -0.25) is 4.79 Å². The van der Waals surface area contributed by atoms with E-state index in [1.807, 2.05) is 0 Å². The van der Waals surface area contributed by atoms with E-state index in [0.717, 1.165) is 0 Å². The Kier molecular flexibility index (Phi) is 7.54. The van der Waals surface area contributed by atoms with Gasteiger partial charge in [0.05, 0.1) is 0 Å². The molecule has 0 saturated heterocycles. The van der Waals surface area contributed by atoms with E-state index in [4.69, 9.17) is 9.84 Å². The van der Waals surface area contributed by atoms with Crippen LogP contribution < -0.4 is 16.0 Å². The lowest BCUT2D eigenvalue weighted by molar-refractivity contribution is -0.124. The second kappa shape index (κ2) is 8.33. The number of nitrogens with one attached hydrogen (secondary N) is 3. The highest BCUT2D eigenvalue weighted by molar-refractivity contribution is 5.85. The Morgan fingerprint density at radius 1 is 1.10 bits per heavy atom. The third-order valence-electron chi connectivity index (χ3n) is 2.32. The maximum atomic E-state index is 12.0. The van der Waals surface area contributed by atoms with E-state index in [1.165, 1.54) is 0 Å². The molecule has 0 radical (unpaired) electrons. The van der Waals surface area contributed by atoms with Crippen LogP contribution in [0.4, 0.5) is 9.59 Å². The van der Waals surface area contributed by atoms with Crippen LogP contribution in [0.1, 0.15) is 34.6 Å². The summed E-state index contributed by atoms with van der Waals surface area (Å²) in [7, 11) is 0. The summed E-state index contributed by atoms with van der Waals surface area (Å²) < 4.78 is 5.11. The predicted molar refractivity (Wildman–Crippen MR) is 77.0 cm³/mol. The fourth-order valence-corrected chi connectivity index (χ4v) is 1.43. The molecule has 0 heterocycles. The van der Waals surface area contributed by atoms with Crippen LogP contribution >= 0.6 is 0 Å². The average Bonchev–Trinajstić information content (AvgIpc) is 2.28. The molecular weight excluding hydrogens is 278 g/mol. The van der Waals surface area contributed by atoms with Crippen LogP contribution in [-0.2, 0) is 9.53 Å². The molecule has 3 amide bonds. The van der Waals surface area contributed by atoms with E-state index < -0.39 is 23.8 Å². The van der Waals surface area contributed by atoms with E-state index in [2.05, 4.69) is 16.0 Å². The zero-order valence-corrected chi connectivity index (χ0v) is 13.1. The van der Waals surface area contributed by atoms with E-state index in [1.54, 1.807) is 34.6 Å². The van der Waals surface area contributed by atoms with E-state index in [-0.39, 0.29) is 24.9 Å². The van der Waals surface area contributed by atoms with Crippen LogP contribution in [0.25, 0.3) is 0 Å². The Hall–Kier alpha value is -1.99. The highest BCUT2D eigenvalue weighted by Crippen LogP contribution is 2.08. The van der Waals surface area contributed by atoms with Gasteiger partial charge >= 0.3 is 12.2 Å². The summed E-state index contributed by atoms with van der Waals surface area (Å²) in [5.41, 5.74) is -0.645. The Morgan fingerprint density at radius 2 is 1.62 bits per heavy atom. The first-order valence-corrected chi connectivity index (χ1v) is 6.77. The molecule has 0 rings (SSSR count). The molecule has 0 saturated carbocycles. The number of alkyl carbamates (subject to hydrolysis) is 1. The number of carboxylic acid groups (broad SMARTS) is 1. The molecule has 8 nitrogen and oxygen atoms in total. The fourth-order valence-electron chi connectivity index (χ4n) is 1.43. The zero-order valence-electron chi connectivity index (χ0n) is 13.1. The van der Waals surface area contributed by atoms with Crippen LogP contribution in [0, 0.1) is 5.92 Å². The number of hydrogen-bond donors (Lipinski definition) is 4. The summed E-state index contributed by atoms with van der Waals surface area (Å²) in [5, 5.41) is 15.6. The number of hydrogen-bond acceptors (Lipinski definition) is 4. The average molecular weight is 303 g/mol. The zero-order chi connectivity index (χ0) is 16.6. The number of carbonyl (C=O) groups is 3. The van der Waals surface area contributed by atoms with Gasteiger partial charge in [0.15, 0.2) is 0 Å². The van der Waals surface area contributed by atoms with Gasteiger partial charge in [0, 0.05) is 13.1 Å². The Labute approximate surface area is 124 Å². The summed E-state index contributed by atoms with van der Waals surface area (Å²) in [6.07, 6.45) is -1.82. The van der Waals surface area contributed by atoms with Gasteiger partial charge in [0.2, 0.25) is 5.91 Å². The number of amides is 3. The quantitative estimate of drug-likeness (QED) is 0.544. The number of rotatable bonds is 6. The molecule has 0 aromatic carbocycles. The molecule has 0 unspecified atom stereocenters. The van der Waals surface area contributed by atoms with E-state index >= 15 is 0 Å². The summed E-state index contributed by atoms with van der Waals surface area (Å²) in [6, 6.07) is -0.746. The lowest BCUT2D eigenvalue weighted by Crippen LogP contribution is -2.51. The molecule has 0 aromatic heterocycles. The topological polar surface area (TPSA) is 117 Å². The maximum Gasteiger partial charge on any atom is 0.408 e. The summed E-state index contributed by atoms with van der Waals surface area (Å²) in [4.78, 5) is 33.9. The number of ether oxygens (including phenoxy) is 1. The van der Waals surface area contributed by atoms with Crippen molar-refractivity contribution >= 4 is 18.1 Å². The van der Waals surface area contributed by atoms with Crippen molar-refractivity contribution in [1.82, 2.24) is 16.0 Å². The largest absolute Gasteiger partial charge is 0.465 e. The van der Waals surface area contributed by atoms with Gasteiger partial charge in [-0.2, -0.15) is 0 Å². The molecule has 0 fully saturated rings. The lowest BCUT2D eigenvalue weighted by atomic mass is 10.0. The highest BCUT2D eigenvalue weighted by atomic mass is 16.6. The monoisotopic (exact) mass is 303 g/mol. The summed E-state index contributed by atoms with van der Waals surface area (Å²) >= 11 is 0. The molecule has 0 aliphatic carbocycles. The first-order valence-electron chi connectivity index (χ1n) is 6.77. The summed E-state index contributed by atoms with van der Waals surface area (Å²) in [5.74, 6) is -0.520. The molecule has 0 aliphatic heterocycles. The van der Waals surface area contributed by atoms with Crippen LogP contribution in [0.5, 0.6) is 0 Å². The van der Waals surface area contributed by atoms with E-state index in [9.17, 15) is 14.4 Å². The number of carbonyl (C=O) groups excluding carboxylic acids is 2. The molecule has 4 N–H and O–H groups in total. The second-order valence-electron chi connectivity index (χ2n) is 5.89. The molecule has 1 atom stereocenters. The first-order chi connectivity index (χ1) is 9.53. The SMILES string of the molecule is CC(C)[C@H](NC(=O)OC(C)(C)C)C(=O)NCCNC(=O)O. The van der Waals surface area contributed by atoms with Crippen molar-refractivity contribution < 1.29 is 24.2 Å². The van der Waals surface area contributed by atoms with Gasteiger partial charge in [0.25, 0.3) is 0 Å². The lowest BCUT2D eigenvalue weighted by Gasteiger charge is -2.25. The van der Waals surface area contributed by atoms with Crippen LogP contribution in [0.3, 0.4) is 0 Å². The minimum absolute atomic E-state index is 0.0956. The Morgan fingerprint density at radius 3 is 2.05 bits per heavy atom. The first kappa shape index (κ1) is 19.0. The van der Waals surface area contributed by atoms with Crippen LogP contribution in [0.15, 0.2) is 0 Å². The standard InChI is InChI=1S/C13H25N3O5/c1-8(2)9(16-12(20)21-13(3,4)5)10(17)14-6-7-15-11(18)19/h8-9,15H,6-7H2,1-5H3,(H,14,17)(H,16,20)(H,18,19)/t9-/m0/s1. The minimum atomic E-state index is -1.16. The van der Waals surface area contributed by atoms with Gasteiger partial charge in [-0.15, -0.1) is 0 Å². The molecule has 0 spiro atoms. The predicted octanol–water partition coefficient (Wildman–Crippen LogP) is 0.920. The van der Waals surface area contributed by atoms with Gasteiger partial charge < -0.3 is 25.8 Å². The fraction of sp³-hybridized carbons (Fsp3) is 0.769.